The van der Waals surface area contributed by atoms with E-state index in [1.807, 2.05) is 36.4 Å². The number of fused-ring (bicyclic) bond motifs is 6. The highest BCUT2D eigenvalue weighted by molar-refractivity contribution is 6.13. The van der Waals surface area contributed by atoms with E-state index in [9.17, 15) is 0 Å². The highest BCUT2D eigenvalue weighted by Gasteiger charge is 2.26. The predicted octanol–water partition coefficient (Wildman–Crippen LogP) is 12.1. The van der Waals surface area contributed by atoms with Crippen LogP contribution >= 0.6 is 0 Å². The van der Waals surface area contributed by atoms with Crippen molar-refractivity contribution >= 4 is 33.2 Å². The third-order valence-corrected chi connectivity index (χ3v) is 10.2. The van der Waals surface area contributed by atoms with Crippen LogP contribution < -0.4 is 4.90 Å². The molecule has 0 spiro atoms. The van der Waals surface area contributed by atoms with Crippen LogP contribution in [0.25, 0.3) is 67.1 Å². The van der Waals surface area contributed by atoms with Crippen LogP contribution in [0.4, 0.5) is 11.4 Å². The lowest BCUT2D eigenvalue weighted by molar-refractivity contribution is 0.955. The Bertz CT molecular complexity index is 2680. The van der Waals surface area contributed by atoms with Gasteiger partial charge in [-0.1, -0.05) is 121 Å². The van der Waals surface area contributed by atoms with E-state index in [-0.39, 0.29) is 0 Å². The molecule has 7 aromatic carbocycles. The zero-order valence-electron chi connectivity index (χ0n) is 29.5. The van der Waals surface area contributed by atoms with Crippen LogP contribution in [0.1, 0.15) is 11.1 Å². The Morgan fingerprint density at radius 3 is 1.72 bits per heavy atom. The molecular formula is C48H37N5. The van der Waals surface area contributed by atoms with Crippen molar-refractivity contribution in [3.63, 3.8) is 0 Å². The molecule has 0 saturated heterocycles. The van der Waals surface area contributed by atoms with Crippen molar-refractivity contribution in [3.05, 3.63) is 194 Å². The van der Waals surface area contributed by atoms with Gasteiger partial charge in [-0.25, -0.2) is 0 Å². The average Bonchev–Trinajstić information content (AvgIpc) is 3.81. The molecule has 10 rings (SSSR count). The van der Waals surface area contributed by atoms with Crippen molar-refractivity contribution in [1.29, 1.82) is 0 Å². The summed E-state index contributed by atoms with van der Waals surface area (Å²) in [5, 5.41) is 11.9. The third-order valence-electron chi connectivity index (χ3n) is 10.2. The lowest BCUT2D eigenvalue weighted by Gasteiger charge is -2.34. The van der Waals surface area contributed by atoms with E-state index < -0.39 is 0 Å². The van der Waals surface area contributed by atoms with Gasteiger partial charge in [-0.05, 0) is 72.1 Å². The van der Waals surface area contributed by atoms with Gasteiger partial charge in [-0.15, -0.1) is 23.4 Å². The molecule has 0 amide bonds. The van der Waals surface area contributed by atoms with Crippen LogP contribution in [0.5, 0.6) is 0 Å². The Morgan fingerprint density at radius 2 is 1.04 bits per heavy atom. The monoisotopic (exact) mass is 683 g/mol. The molecule has 0 radical (unpaired) electrons. The van der Waals surface area contributed by atoms with E-state index in [0.717, 1.165) is 40.7 Å². The molecule has 5 heteroatoms. The molecule has 254 valence electrons. The molecule has 0 N–H and O–H groups in total. The summed E-state index contributed by atoms with van der Waals surface area (Å²) in [4.78, 5) is 2.49. The van der Waals surface area contributed by atoms with E-state index in [1.165, 1.54) is 55.4 Å². The first-order valence-corrected chi connectivity index (χ1v) is 17.9. The summed E-state index contributed by atoms with van der Waals surface area (Å²) in [6.45, 7) is 9.02. The lowest BCUT2D eigenvalue weighted by Crippen LogP contribution is -2.22. The van der Waals surface area contributed by atoms with Gasteiger partial charge in [0.25, 0.3) is 0 Å². The van der Waals surface area contributed by atoms with Gasteiger partial charge in [0.1, 0.15) is 0 Å². The van der Waals surface area contributed by atoms with Crippen molar-refractivity contribution in [2.24, 2.45) is 0 Å². The van der Waals surface area contributed by atoms with E-state index in [2.05, 4.69) is 168 Å². The van der Waals surface area contributed by atoms with Crippen molar-refractivity contribution < 1.29 is 0 Å². The number of hydrogen-bond acceptors (Lipinski definition) is 3. The smallest absolute Gasteiger partial charge is 0.168 e. The number of anilines is 2. The molecule has 0 fully saturated rings. The number of aryl methyl sites for hydroxylation is 1. The first kappa shape index (κ1) is 32.0. The summed E-state index contributed by atoms with van der Waals surface area (Å²) >= 11 is 0. The molecule has 1 aliphatic heterocycles. The van der Waals surface area contributed by atoms with Gasteiger partial charge < -0.3 is 9.47 Å². The zero-order chi connectivity index (χ0) is 35.9. The number of hydrogen-bond donors (Lipinski definition) is 0. The van der Waals surface area contributed by atoms with Crippen molar-refractivity contribution in [2.45, 2.75) is 13.5 Å². The van der Waals surface area contributed by atoms with Crippen LogP contribution in [0, 0.1) is 6.92 Å². The maximum Gasteiger partial charge on any atom is 0.168 e. The van der Waals surface area contributed by atoms with Gasteiger partial charge >= 0.3 is 0 Å². The molecule has 0 aliphatic carbocycles. The highest BCUT2D eigenvalue weighted by Crippen LogP contribution is 2.47. The Kier molecular flexibility index (Phi) is 8.01. The second-order valence-electron chi connectivity index (χ2n) is 13.2. The molecular weight excluding hydrogens is 647 g/mol. The quantitative estimate of drug-likeness (QED) is 0.170. The maximum absolute atomic E-state index is 4.69. The number of nitrogens with zero attached hydrogens (tertiary/aromatic N) is 5. The first-order valence-electron chi connectivity index (χ1n) is 17.9. The second kappa shape index (κ2) is 13.3. The van der Waals surface area contributed by atoms with Crippen LogP contribution in [0.2, 0.25) is 0 Å². The fourth-order valence-electron chi connectivity index (χ4n) is 7.81. The molecule has 0 atom stereocenters. The highest BCUT2D eigenvalue weighted by atomic mass is 15.3. The Labute approximate surface area is 309 Å². The maximum atomic E-state index is 4.69. The molecule has 0 unspecified atom stereocenters. The van der Waals surface area contributed by atoms with Gasteiger partial charge in [0.15, 0.2) is 11.6 Å². The van der Waals surface area contributed by atoms with E-state index in [4.69, 9.17) is 10.2 Å². The van der Waals surface area contributed by atoms with Crippen molar-refractivity contribution in [3.8, 4) is 45.3 Å². The Morgan fingerprint density at radius 1 is 0.472 bits per heavy atom. The van der Waals surface area contributed by atoms with Gasteiger partial charge in [0, 0.05) is 51.1 Å². The molecule has 53 heavy (non-hydrogen) atoms. The number of para-hydroxylation sites is 2. The van der Waals surface area contributed by atoms with Crippen LogP contribution in [0.15, 0.2) is 183 Å². The van der Waals surface area contributed by atoms with Crippen LogP contribution in [-0.2, 0) is 6.54 Å². The summed E-state index contributed by atoms with van der Waals surface area (Å²) < 4.78 is 4.57. The van der Waals surface area contributed by atoms with E-state index in [1.54, 1.807) is 0 Å². The van der Waals surface area contributed by atoms with Gasteiger partial charge in [0.05, 0.1) is 16.7 Å². The first-order chi connectivity index (χ1) is 26.2. The molecule has 9 aromatic rings. The zero-order valence-corrected chi connectivity index (χ0v) is 29.5. The fraction of sp³-hybridized carbons (Fsp3) is 0.0417. The van der Waals surface area contributed by atoms with E-state index in [0.29, 0.717) is 0 Å². The summed E-state index contributed by atoms with van der Waals surface area (Å²) in [6, 6.07) is 60.5. The molecule has 3 heterocycles. The normalized spacial score (nSPS) is 11.9. The minimum absolute atomic E-state index is 0.808. The predicted molar refractivity (Wildman–Crippen MR) is 220 cm³/mol. The molecule has 5 nitrogen and oxygen atoms in total. The average molecular weight is 684 g/mol. The number of aromatic nitrogens is 4. The summed E-state index contributed by atoms with van der Waals surface area (Å²) in [7, 11) is 0. The fourth-order valence-corrected chi connectivity index (χ4v) is 7.81. The third kappa shape index (κ3) is 5.33. The number of rotatable bonds is 5. The summed E-state index contributed by atoms with van der Waals surface area (Å²) in [5.41, 5.74) is 14.1. The van der Waals surface area contributed by atoms with Crippen LogP contribution in [-0.4, -0.2) is 19.3 Å². The number of benzene rings is 7. The van der Waals surface area contributed by atoms with Gasteiger partial charge in [0.2, 0.25) is 0 Å². The Hall–Kier alpha value is -6.98. The van der Waals surface area contributed by atoms with E-state index >= 15 is 0 Å². The standard InChI is InChI=1S/C46H33N5.C2H4/c1-31-14-8-12-22-41(31)49-30-34-19-9-10-20-37(34)39-28-40-38-21-11-13-23-42(38)50(44(40)29-43(39)49)35-24-26-36(27-25-35)51-45(32-15-4-2-5-16-32)47-48-46(51)33-17-6-3-7-18-33;1-2/h2-29H,30H2,1H3;1-2H2. The van der Waals surface area contributed by atoms with Gasteiger partial charge in [-0.2, -0.15) is 0 Å². The largest absolute Gasteiger partial charge is 0.336 e. The molecule has 0 bridgehead atoms. The molecule has 0 saturated carbocycles. The minimum atomic E-state index is 0.808. The SMILES string of the molecule is C=C.Cc1ccccc1N1Cc2ccccc2-c2cc3c4ccccc4n(-c4ccc(-n5c(-c6ccccc6)nnc5-c5ccccc5)cc4)c3cc21. The topological polar surface area (TPSA) is 38.9 Å². The second-order valence-corrected chi connectivity index (χ2v) is 13.2. The van der Waals surface area contributed by atoms with Crippen LogP contribution in [0.3, 0.4) is 0 Å². The van der Waals surface area contributed by atoms with Gasteiger partial charge in [-0.3, -0.25) is 4.57 Å². The molecule has 1 aliphatic rings. The Balaban J connectivity index is 0.00000183. The lowest BCUT2D eigenvalue weighted by atomic mass is 9.91. The minimum Gasteiger partial charge on any atom is -0.336 e. The van der Waals surface area contributed by atoms with Crippen molar-refractivity contribution in [2.75, 3.05) is 4.90 Å². The van der Waals surface area contributed by atoms with Crippen molar-refractivity contribution in [1.82, 2.24) is 19.3 Å². The summed E-state index contributed by atoms with van der Waals surface area (Å²) in [5.74, 6) is 1.62. The summed E-state index contributed by atoms with van der Waals surface area (Å²) in [6.07, 6.45) is 0. The molecule has 2 aromatic heterocycles.